The van der Waals surface area contributed by atoms with Crippen molar-refractivity contribution in [3.8, 4) is 5.69 Å². The minimum atomic E-state index is -0.820. The largest absolute Gasteiger partial charge is 0.481 e. The quantitative estimate of drug-likeness (QED) is 0.805. The van der Waals surface area contributed by atoms with Crippen LogP contribution in [0.5, 0.6) is 0 Å². The Kier molecular flexibility index (Phi) is 3.58. The number of carboxylic acids is 1. The predicted molar refractivity (Wildman–Crippen MR) is 83.4 cm³/mol. The Morgan fingerprint density at radius 2 is 1.95 bits per heavy atom. The monoisotopic (exact) mass is 299 g/mol. The summed E-state index contributed by atoms with van der Waals surface area (Å²) >= 11 is 1.40. The summed E-state index contributed by atoms with van der Waals surface area (Å²) in [5.74, 6) is -0.820. The second-order valence-electron chi connectivity index (χ2n) is 4.75. The van der Waals surface area contributed by atoms with Gasteiger partial charge in [0.15, 0.2) is 0 Å². The van der Waals surface area contributed by atoms with E-state index in [9.17, 15) is 9.59 Å². The summed E-state index contributed by atoms with van der Waals surface area (Å²) in [7, 11) is 0. The fraction of sp³-hybridized carbons (Fsp3) is 0.125. The lowest BCUT2D eigenvalue weighted by atomic mass is 10.1. The van der Waals surface area contributed by atoms with E-state index in [0.717, 1.165) is 16.0 Å². The fourth-order valence-electron chi connectivity index (χ4n) is 2.23. The molecule has 0 amide bonds. The summed E-state index contributed by atoms with van der Waals surface area (Å²) in [6, 6.07) is 15.0. The number of carbonyl (C=O) groups is 1. The lowest BCUT2D eigenvalue weighted by molar-refractivity contribution is -0.136. The minimum absolute atomic E-state index is 0.0361. The highest BCUT2D eigenvalue weighted by Gasteiger charge is 2.09. The van der Waals surface area contributed by atoms with Crippen LogP contribution in [0.15, 0.2) is 53.3 Å². The van der Waals surface area contributed by atoms with Gasteiger partial charge in [-0.2, -0.15) is 0 Å². The molecule has 0 aliphatic carbocycles. The maximum absolute atomic E-state index is 12.4. The highest BCUT2D eigenvalue weighted by atomic mass is 32.1. The van der Waals surface area contributed by atoms with Crippen LogP contribution in [0.2, 0.25) is 0 Å². The van der Waals surface area contributed by atoms with Gasteiger partial charge in [-0.05, 0) is 36.2 Å². The molecule has 2 aromatic carbocycles. The molecule has 0 radical (unpaired) electrons. The van der Waals surface area contributed by atoms with Crippen LogP contribution in [0.1, 0.15) is 12.0 Å². The van der Waals surface area contributed by atoms with Gasteiger partial charge in [0, 0.05) is 6.42 Å². The highest BCUT2D eigenvalue weighted by Crippen LogP contribution is 2.20. The summed E-state index contributed by atoms with van der Waals surface area (Å²) < 4.78 is 2.59. The summed E-state index contributed by atoms with van der Waals surface area (Å²) in [5, 5.41) is 9.45. The fourth-order valence-corrected chi connectivity index (χ4v) is 3.22. The number of nitrogens with zero attached hydrogens (tertiary/aromatic N) is 1. The average Bonchev–Trinajstić information content (AvgIpc) is 2.83. The summed E-state index contributed by atoms with van der Waals surface area (Å²) in [5.41, 5.74) is 1.66. The van der Waals surface area contributed by atoms with Gasteiger partial charge in [-0.3, -0.25) is 9.59 Å². The van der Waals surface area contributed by atoms with E-state index in [4.69, 9.17) is 5.11 Å². The van der Waals surface area contributed by atoms with Crippen LogP contribution in [0.25, 0.3) is 15.8 Å². The van der Waals surface area contributed by atoms with E-state index in [1.54, 1.807) is 3.96 Å². The topological polar surface area (TPSA) is 59.3 Å². The summed E-state index contributed by atoms with van der Waals surface area (Å²) in [6.07, 6.45) is 0.549. The van der Waals surface area contributed by atoms with Crippen LogP contribution < -0.4 is 5.56 Å². The second-order valence-corrected chi connectivity index (χ2v) is 5.74. The lowest BCUT2D eigenvalue weighted by Gasteiger charge is -2.03. The molecule has 3 aromatic rings. The van der Waals surface area contributed by atoms with Gasteiger partial charge in [0.1, 0.15) is 0 Å². The second kappa shape index (κ2) is 5.54. The zero-order valence-corrected chi connectivity index (χ0v) is 12.0. The van der Waals surface area contributed by atoms with Crippen LogP contribution in [0, 0.1) is 0 Å². The van der Waals surface area contributed by atoms with Gasteiger partial charge in [-0.15, -0.1) is 0 Å². The molecule has 0 aliphatic rings. The van der Waals surface area contributed by atoms with Crippen molar-refractivity contribution in [3.05, 3.63) is 64.4 Å². The van der Waals surface area contributed by atoms with E-state index < -0.39 is 5.97 Å². The molecule has 5 heteroatoms. The Bertz CT molecular complexity index is 863. The number of aryl methyl sites for hydroxylation is 1. The molecule has 0 saturated heterocycles. The van der Waals surface area contributed by atoms with Gasteiger partial charge in [0.25, 0.3) is 5.56 Å². The van der Waals surface area contributed by atoms with Crippen molar-refractivity contribution in [1.82, 2.24) is 3.96 Å². The average molecular weight is 299 g/mol. The Morgan fingerprint density at radius 1 is 1.14 bits per heavy atom. The van der Waals surface area contributed by atoms with Crippen LogP contribution in [0.3, 0.4) is 0 Å². The predicted octanol–water partition coefficient (Wildman–Crippen LogP) is 3.07. The Morgan fingerprint density at radius 3 is 2.71 bits per heavy atom. The molecule has 1 N–H and O–H groups in total. The number of rotatable bonds is 4. The maximum Gasteiger partial charge on any atom is 0.303 e. The van der Waals surface area contributed by atoms with E-state index in [2.05, 4.69) is 0 Å². The number of aliphatic carboxylic acids is 1. The van der Waals surface area contributed by atoms with Crippen molar-refractivity contribution in [1.29, 1.82) is 0 Å². The zero-order chi connectivity index (χ0) is 14.8. The van der Waals surface area contributed by atoms with Gasteiger partial charge in [0.05, 0.1) is 15.8 Å². The Balaban J connectivity index is 2.02. The van der Waals surface area contributed by atoms with E-state index in [-0.39, 0.29) is 12.0 Å². The molecule has 0 saturated carbocycles. The third-order valence-electron chi connectivity index (χ3n) is 3.26. The molecule has 106 valence electrons. The maximum atomic E-state index is 12.4. The molecule has 3 rings (SSSR count). The molecule has 1 aromatic heterocycles. The van der Waals surface area contributed by atoms with Gasteiger partial charge in [-0.25, -0.2) is 3.96 Å². The number of aromatic nitrogens is 1. The first kappa shape index (κ1) is 13.6. The van der Waals surface area contributed by atoms with E-state index >= 15 is 0 Å². The molecule has 1 heterocycles. The van der Waals surface area contributed by atoms with E-state index in [1.165, 1.54) is 11.5 Å². The number of hydrogen-bond acceptors (Lipinski definition) is 3. The number of carboxylic acid groups (broad SMARTS) is 1. The lowest BCUT2D eigenvalue weighted by Crippen LogP contribution is -2.10. The van der Waals surface area contributed by atoms with Crippen LogP contribution in [-0.4, -0.2) is 15.0 Å². The third-order valence-corrected chi connectivity index (χ3v) is 4.38. The molecule has 0 atom stereocenters. The van der Waals surface area contributed by atoms with Gasteiger partial charge >= 0.3 is 5.97 Å². The molecule has 0 fully saturated rings. The van der Waals surface area contributed by atoms with E-state index in [1.807, 2.05) is 48.5 Å². The van der Waals surface area contributed by atoms with Gasteiger partial charge in [0.2, 0.25) is 0 Å². The molecule has 21 heavy (non-hydrogen) atoms. The van der Waals surface area contributed by atoms with Gasteiger partial charge in [-0.1, -0.05) is 35.8 Å². The van der Waals surface area contributed by atoms with Crippen molar-refractivity contribution in [2.75, 3.05) is 0 Å². The van der Waals surface area contributed by atoms with Crippen molar-refractivity contribution in [3.63, 3.8) is 0 Å². The standard InChI is InChI=1S/C16H13NO3S/c18-15(19)9-8-11-4-3-5-12(10-11)17-16(20)13-6-1-2-7-14(13)21-17/h1-7,10H,8-9H2,(H,18,19). The smallest absolute Gasteiger partial charge is 0.303 e. The first-order chi connectivity index (χ1) is 10.1. The zero-order valence-electron chi connectivity index (χ0n) is 11.2. The number of fused-ring (bicyclic) bond motifs is 1. The molecule has 0 bridgehead atoms. The van der Waals surface area contributed by atoms with Crippen molar-refractivity contribution in [2.45, 2.75) is 12.8 Å². The minimum Gasteiger partial charge on any atom is -0.481 e. The molecular weight excluding hydrogens is 286 g/mol. The number of benzene rings is 2. The van der Waals surface area contributed by atoms with Crippen molar-refractivity contribution in [2.24, 2.45) is 0 Å². The number of hydrogen-bond donors (Lipinski definition) is 1. The highest BCUT2D eigenvalue weighted by molar-refractivity contribution is 7.14. The van der Waals surface area contributed by atoms with Crippen LogP contribution in [0.4, 0.5) is 0 Å². The summed E-state index contributed by atoms with van der Waals surface area (Å²) in [4.78, 5) is 23.0. The Labute approximate surface area is 125 Å². The van der Waals surface area contributed by atoms with E-state index in [0.29, 0.717) is 11.8 Å². The molecule has 0 aliphatic heterocycles. The first-order valence-electron chi connectivity index (χ1n) is 6.57. The van der Waals surface area contributed by atoms with Crippen molar-refractivity contribution >= 4 is 27.6 Å². The van der Waals surface area contributed by atoms with Crippen molar-refractivity contribution < 1.29 is 9.90 Å². The molecule has 0 unspecified atom stereocenters. The molecular formula is C16H13NO3S. The van der Waals surface area contributed by atoms with Crippen LogP contribution >= 0.6 is 11.5 Å². The summed E-state index contributed by atoms with van der Waals surface area (Å²) in [6.45, 7) is 0. The molecule has 4 nitrogen and oxygen atoms in total. The normalized spacial score (nSPS) is 10.9. The van der Waals surface area contributed by atoms with Crippen LogP contribution in [-0.2, 0) is 11.2 Å². The SMILES string of the molecule is O=C(O)CCc1cccc(-n2sc3ccccc3c2=O)c1. The molecule has 0 spiro atoms. The third kappa shape index (κ3) is 2.73. The Hall–Kier alpha value is -2.40. The van der Waals surface area contributed by atoms with Gasteiger partial charge < -0.3 is 5.11 Å². The first-order valence-corrected chi connectivity index (χ1v) is 7.34.